The first-order valence-corrected chi connectivity index (χ1v) is 12.6. The number of nitrogens with zero attached hydrogens (tertiary/aromatic N) is 4. The maximum absolute atomic E-state index is 14.2. The lowest BCUT2D eigenvalue weighted by molar-refractivity contribution is 0.0947. The molecule has 1 saturated heterocycles. The predicted octanol–water partition coefficient (Wildman–Crippen LogP) is 4.44. The molecule has 1 saturated carbocycles. The number of likely N-dealkylation sites (N-methyl/N-ethyl adjacent to an activating group) is 1. The minimum atomic E-state index is -0.722. The van der Waals surface area contributed by atoms with Crippen molar-refractivity contribution in [3.05, 3.63) is 88.5 Å². The molecule has 1 amide bonds. The minimum absolute atomic E-state index is 0.103. The second-order valence-electron chi connectivity index (χ2n) is 9.94. The summed E-state index contributed by atoms with van der Waals surface area (Å²) in [5, 5.41) is 2.76. The Kier molecular flexibility index (Phi) is 7.15. The molecule has 0 spiro atoms. The topological polar surface area (TPSA) is 61.4 Å². The van der Waals surface area contributed by atoms with Crippen LogP contribution in [0.15, 0.2) is 48.7 Å². The third-order valence-corrected chi connectivity index (χ3v) is 7.57. The average Bonchev–Trinajstić information content (AvgIpc) is 3.40. The van der Waals surface area contributed by atoms with Crippen LogP contribution < -0.4 is 10.2 Å². The number of halogens is 3. The van der Waals surface area contributed by atoms with Gasteiger partial charge in [-0.1, -0.05) is 31.0 Å². The highest BCUT2D eigenvalue weighted by atomic mass is 19.1. The molecule has 0 radical (unpaired) electrons. The Morgan fingerprint density at radius 1 is 0.973 bits per heavy atom. The standard InChI is InChI=1S/C28H30F3N5O/c1-35-12-14-36(15-13-35)27-33-18-23(26(37)32-17-19-4-7-22(30)16-24(19)31)25(34-27)28(10-2-3-11-28)20-5-8-21(29)9-6-20/h4-9,16,18H,2-3,10-15,17H2,1H3,(H,32,37). The number of piperazine rings is 1. The Hall–Kier alpha value is -3.46. The van der Waals surface area contributed by atoms with Crippen LogP contribution in [0.1, 0.15) is 52.9 Å². The number of rotatable bonds is 6. The number of hydrogen-bond acceptors (Lipinski definition) is 5. The van der Waals surface area contributed by atoms with Crippen LogP contribution in [-0.4, -0.2) is 54.0 Å². The lowest BCUT2D eigenvalue weighted by Gasteiger charge is -2.35. The SMILES string of the molecule is CN1CCN(c2ncc(C(=O)NCc3ccc(F)cc3F)c(C3(c4ccc(F)cc4)CCCC3)n2)CC1. The molecule has 1 aliphatic carbocycles. The molecule has 2 aromatic carbocycles. The molecule has 6 nitrogen and oxygen atoms in total. The van der Waals surface area contributed by atoms with Crippen LogP contribution in [0, 0.1) is 17.5 Å². The summed E-state index contributed by atoms with van der Waals surface area (Å²) < 4.78 is 41.3. The number of carbonyl (C=O) groups is 1. The van der Waals surface area contributed by atoms with Gasteiger partial charge in [-0.25, -0.2) is 23.1 Å². The number of aromatic nitrogens is 2. The molecule has 37 heavy (non-hydrogen) atoms. The van der Waals surface area contributed by atoms with E-state index < -0.39 is 23.0 Å². The molecule has 1 aromatic heterocycles. The van der Waals surface area contributed by atoms with Gasteiger partial charge in [-0.15, -0.1) is 0 Å². The molecule has 1 aliphatic heterocycles. The number of nitrogens with one attached hydrogen (secondary N) is 1. The van der Waals surface area contributed by atoms with Gasteiger partial charge >= 0.3 is 0 Å². The zero-order valence-corrected chi connectivity index (χ0v) is 20.8. The second-order valence-corrected chi connectivity index (χ2v) is 9.94. The molecule has 194 valence electrons. The minimum Gasteiger partial charge on any atom is -0.348 e. The average molecular weight is 510 g/mol. The largest absolute Gasteiger partial charge is 0.348 e. The number of carbonyl (C=O) groups excluding carboxylic acids is 1. The van der Waals surface area contributed by atoms with E-state index in [2.05, 4.69) is 27.1 Å². The highest BCUT2D eigenvalue weighted by Crippen LogP contribution is 2.47. The maximum Gasteiger partial charge on any atom is 0.255 e. The Labute approximate surface area is 214 Å². The lowest BCUT2D eigenvalue weighted by atomic mass is 9.74. The van der Waals surface area contributed by atoms with Crippen molar-refractivity contribution >= 4 is 11.9 Å². The van der Waals surface area contributed by atoms with Gasteiger partial charge in [-0.05, 0) is 43.7 Å². The fourth-order valence-corrected chi connectivity index (χ4v) is 5.41. The van der Waals surface area contributed by atoms with Crippen LogP contribution in [0.2, 0.25) is 0 Å². The summed E-state index contributed by atoms with van der Waals surface area (Å²) in [6, 6.07) is 9.69. The third kappa shape index (κ3) is 5.18. The summed E-state index contributed by atoms with van der Waals surface area (Å²) in [5.74, 6) is -1.59. The zero-order chi connectivity index (χ0) is 26.0. The van der Waals surface area contributed by atoms with Crippen LogP contribution in [0.4, 0.5) is 19.1 Å². The maximum atomic E-state index is 14.2. The Balaban J connectivity index is 1.53. The van der Waals surface area contributed by atoms with E-state index in [1.165, 1.54) is 18.2 Å². The van der Waals surface area contributed by atoms with E-state index >= 15 is 0 Å². The van der Waals surface area contributed by atoms with E-state index in [0.717, 1.165) is 69.6 Å². The molecule has 0 unspecified atom stereocenters. The van der Waals surface area contributed by atoms with Gasteiger partial charge in [-0.2, -0.15) is 0 Å². The third-order valence-electron chi connectivity index (χ3n) is 7.57. The van der Waals surface area contributed by atoms with Gasteiger partial charge in [0.25, 0.3) is 5.91 Å². The van der Waals surface area contributed by atoms with E-state index in [9.17, 15) is 18.0 Å². The van der Waals surface area contributed by atoms with E-state index in [1.54, 1.807) is 18.3 Å². The molecule has 5 rings (SSSR count). The van der Waals surface area contributed by atoms with Gasteiger partial charge in [0.05, 0.1) is 11.3 Å². The number of hydrogen-bond donors (Lipinski definition) is 1. The van der Waals surface area contributed by atoms with Crippen molar-refractivity contribution < 1.29 is 18.0 Å². The van der Waals surface area contributed by atoms with Gasteiger partial charge in [0.15, 0.2) is 0 Å². The molecule has 0 atom stereocenters. The van der Waals surface area contributed by atoms with Crippen LogP contribution >= 0.6 is 0 Å². The van der Waals surface area contributed by atoms with Crippen molar-refractivity contribution in [3.63, 3.8) is 0 Å². The highest BCUT2D eigenvalue weighted by Gasteiger charge is 2.42. The molecular weight excluding hydrogens is 479 g/mol. The van der Waals surface area contributed by atoms with Crippen LogP contribution in [0.25, 0.3) is 0 Å². The Bertz CT molecular complexity index is 1270. The van der Waals surface area contributed by atoms with Gasteiger partial charge < -0.3 is 15.1 Å². The highest BCUT2D eigenvalue weighted by molar-refractivity contribution is 5.95. The smallest absolute Gasteiger partial charge is 0.255 e. The Morgan fingerprint density at radius 2 is 1.65 bits per heavy atom. The normalized spacial score (nSPS) is 17.7. The van der Waals surface area contributed by atoms with Gasteiger partial charge in [0.2, 0.25) is 5.95 Å². The predicted molar refractivity (Wildman–Crippen MR) is 135 cm³/mol. The van der Waals surface area contributed by atoms with Crippen molar-refractivity contribution in [3.8, 4) is 0 Å². The summed E-state index contributed by atoms with van der Waals surface area (Å²) in [6.45, 7) is 3.21. The van der Waals surface area contributed by atoms with Crippen LogP contribution in [0.3, 0.4) is 0 Å². The van der Waals surface area contributed by atoms with Gasteiger partial charge in [-0.3, -0.25) is 4.79 Å². The first kappa shape index (κ1) is 25.2. The molecule has 9 heteroatoms. The van der Waals surface area contributed by atoms with E-state index in [4.69, 9.17) is 4.98 Å². The van der Waals surface area contributed by atoms with Crippen molar-refractivity contribution in [2.75, 3.05) is 38.1 Å². The Morgan fingerprint density at radius 3 is 2.32 bits per heavy atom. The summed E-state index contributed by atoms with van der Waals surface area (Å²) in [6.07, 6.45) is 4.99. The molecule has 2 aliphatic rings. The van der Waals surface area contributed by atoms with E-state index in [-0.39, 0.29) is 17.9 Å². The van der Waals surface area contributed by atoms with Crippen molar-refractivity contribution in [2.45, 2.75) is 37.6 Å². The summed E-state index contributed by atoms with van der Waals surface area (Å²) in [7, 11) is 2.07. The zero-order valence-electron chi connectivity index (χ0n) is 20.8. The summed E-state index contributed by atoms with van der Waals surface area (Å²) in [5.41, 5.74) is 1.45. The number of anilines is 1. The van der Waals surface area contributed by atoms with E-state index in [1.807, 2.05) is 0 Å². The lowest BCUT2D eigenvalue weighted by Crippen LogP contribution is -2.45. The molecule has 2 fully saturated rings. The van der Waals surface area contributed by atoms with Crippen molar-refractivity contribution in [1.29, 1.82) is 0 Å². The first-order valence-electron chi connectivity index (χ1n) is 12.6. The van der Waals surface area contributed by atoms with Crippen molar-refractivity contribution in [2.24, 2.45) is 0 Å². The monoisotopic (exact) mass is 509 g/mol. The van der Waals surface area contributed by atoms with Crippen LogP contribution in [-0.2, 0) is 12.0 Å². The summed E-state index contributed by atoms with van der Waals surface area (Å²) in [4.78, 5) is 27.4. The second kappa shape index (κ2) is 10.5. The molecular formula is C28H30F3N5O. The molecule has 2 heterocycles. The van der Waals surface area contributed by atoms with Crippen LogP contribution in [0.5, 0.6) is 0 Å². The van der Waals surface area contributed by atoms with Gasteiger partial charge in [0, 0.05) is 56.0 Å². The molecule has 1 N–H and O–H groups in total. The van der Waals surface area contributed by atoms with E-state index in [0.29, 0.717) is 17.2 Å². The first-order chi connectivity index (χ1) is 17.9. The van der Waals surface area contributed by atoms with Crippen molar-refractivity contribution in [1.82, 2.24) is 20.2 Å². The summed E-state index contributed by atoms with van der Waals surface area (Å²) >= 11 is 0. The fourth-order valence-electron chi connectivity index (χ4n) is 5.41. The number of benzene rings is 2. The number of amides is 1. The fraction of sp³-hybridized carbons (Fsp3) is 0.393. The van der Waals surface area contributed by atoms with Gasteiger partial charge in [0.1, 0.15) is 17.5 Å². The quantitative estimate of drug-likeness (QED) is 0.533. The molecule has 3 aromatic rings. The molecule has 0 bridgehead atoms.